The fraction of sp³-hybridized carbons (Fsp3) is 0.0769. The number of rotatable bonds is 3. The Labute approximate surface area is 149 Å². The number of benzene rings is 1. The number of halogens is 6. The molecule has 1 aromatic heterocycles. The Bertz CT molecular complexity index is 753. The molecule has 3 nitrogen and oxygen atoms in total. The van der Waals surface area contributed by atoms with Crippen LogP contribution in [0.4, 0.5) is 4.39 Å². The highest BCUT2D eigenvalue weighted by Gasteiger charge is 2.22. The van der Waals surface area contributed by atoms with Gasteiger partial charge in [0.2, 0.25) is 0 Å². The van der Waals surface area contributed by atoms with Crippen molar-refractivity contribution in [1.29, 1.82) is 0 Å². The SMILES string of the molecule is O=C(O)Cc1nc(-c2c(Cl)c(Cl)c(Cl)c(Cl)c2Cl)ccc1F. The Kier molecular flexibility index (Phi) is 5.41. The number of carboxylic acid groups (broad SMARTS) is 1. The zero-order chi connectivity index (χ0) is 16.6. The first kappa shape index (κ1) is 17.6. The van der Waals surface area contributed by atoms with Gasteiger partial charge in [-0.15, -0.1) is 0 Å². The zero-order valence-corrected chi connectivity index (χ0v) is 14.2. The van der Waals surface area contributed by atoms with Crippen LogP contribution in [0, 0.1) is 5.82 Å². The molecule has 0 aliphatic heterocycles. The number of hydrogen-bond acceptors (Lipinski definition) is 2. The third-order valence-electron chi connectivity index (χ3n) is 2.70. The molecule has 0 unspecified atom stereocenters. The maximum atomic E-state index is 13.6. The molecule has 1 N–H and O–H groups in total. The minimum atomic E-state index is -1.23. The second-order valence-electron chi connectivity index (χ2n) is 4.14. The average molecular weight is 403 g/mol. The number of carboxylic acids is 1. The normalized spacial score (nSPS) is 10.8. The highest BCUT2D eigenvalue weighted by molar-refractivity contribution is 6.56. The van der Waals surface area contributed by atoms with E-state index in [4.69, 9.17) is 63.1 Å². The third kappa shape index (κ3) is 3.26. The molecular formula is C13H5Cl5FNO2. The van der Waals surface area contributed by atoms with Gasteiger partial charge >= 0.3 is 5.97 Å². The average Bonchev–Trinajstić information content (AvgIpc) is 2.46. The van der Waals surface area contributed by atoms with E-state index in [1.165, 1.54) is 6.07 Å². The predicted octanol–water partition coefficient (Wildman–Crippen LogP) is 5.78. The van der Waals surface area contributed by atoms with Crippen molar-refractivity contribution in [3.8, 4) is 11.3 Å². The first-order valence-electron chi connectivity index (χ1n) is 5.63. The fourth-order valence-electron chi connectivity index (χ4n) is 1.72. The van der Waals surface area contributed by atoms with Gasteiger partial charge in [-0.3, -0.25) is 4.79 Å². The first-order chi connectivity index (χ1) is 10.2. The summed E-state index contributed by atoms with van der Waals surface area (Å²) in [4.78, 5) is 14.7. The van der Waals surface area contributed by atoms with Crippen molar-refractivity contribution in [2.45, 2.75) is 6.42 Å². The quantitative estimate of drug-likeness (QED) is 0.522. The van der Waals surface area contributed by atoms with Crippen molar-refractivity contribution >= 4 is 64.0 Å². The highest BCUT2D eigenvalue weighted by Crippen LogP contribution is 2.47. The van der Waals surface area contributed by atoms with Crippen molar-refractivity contribution in [2.24, 2.45) is 0 Å². The summed E-state index contributed by atoms with van der Waals surface area (Å²) in [6.45, 7) is 0. The zero-order valence-electron chi connectivity index (χ0n) is 10.4. The van der Waals surface area contributed by atoms with Crippen LogP contribution in [0.15, 0.2) is 12.1 Å². The van der Waals surface area contributed by atoms with Crippen LogP contribution in [0.5, 0.6) is 0 Å². The lowest BCUT2D eigenvalue weighted by Gasteiger charge is -2.13. The standard InChI is InChI=1S/C13H5Cl5FNO2/c14-9-8(10(15)12(17)13(18)11(9)16)5-2-1-4(19)6(20-5)3-7(21)22/h1-2H,3H2,(H,21,22). The van der Waals surface area contributed by atoms with E-state index in [-0.39, 0.29) is 42.1 Å². The molecule has 0 aliphatic rings. The van der Waals surface area contributed by atoms with Crippen LogP contribution >= 0.6 is 58.0 Å². The summed E-state index contributed by atoms with van der Waals surface area (Å²) >= 11 is 30.0. The summed E-state index contributed by atoms with van der Waals surface area (Å²) in [5, 5.41) is 8.67. The molecule has 0 radical (unpaired) electrons. The highest BCUT2D eigenvalue weighted by atomic mass is 35.5. The minimum absolute atomic E-state index is 0.0125. The van der Waals surface area contributed by atoms with Crippen molar-refractivity contribution < 1.29 is 14.3 Å². The largest absolute Gasteiger partial charge is 0.481 e. The lowest BCUT2D eigenvalue weighted by Crippen LogP contribution is -2.06. The van der Waals surface area contributed by atoms with E-state index in [1.807, 2.05) is 0 Å². The topological polar surface area (TPSA) is 50.2 Å². The molecule has 9 heteroatoms. The van der Waals surface area contributed by atoms with Gasteiger partial charge in [-0.25, -0.2) is 9.37 Å². The molecule has 0 amide bonds. The lowest BCUT2D eigenvalue weighted by molar-refractivity contribution is -0.136. The maximum Gasteiger partial charge on any atom is 0.309 e. The lowest BCUT2D eigenvalue weighted by atomic mass is 10.1. The van der Waals surface area contributed by atoms with Crippen LogP contribution in [0.3, 0.4) is 0 Å². The van der Waals surface area contributed by atoms with Crippen LogP contribution in [-0.4, -0.2) is 16.1 Å². The van der Waals surface area contributed by atoms with Gasteiger partial charge in [-0.1, -0.05) is 58.0 Å². The molecule has 2 aromatic rings. The van der Waals surface area contributed by atoms with Crippen LogP contribution in [0.2, 0.25) is 25.1 Å². The summed E-state index contributed by atoms with van der Waals surface area (Å²) in [6.07, 6.45) is -0.593. The molecule has 0 bridgehead atoms. The molecule has 0 atom stereocenters. The van der Waals surface area contributed by atoms with E-state index in [2.05, 4.69) is 4.98 Å². The predicted molar refractivity (Wildman–Crippen MR) is 86.0 cm³/mol. The summed E-state index contributed by atoms with van der Waals surface area (Å²) in [6, 6.07) is 2.35. The van der Waals surface area contributed by atoms with Crippen molar-refractivity contribution in [3.05, 3.63) is 48.8 Å². The molecule has 0 fully saturated rings. The van der Waals surface area contributed by atoms with Gasteiger partial charge in [0, 0.05) is 5.56 Å². The Balaban J connectivity index is 2.70. The van der Waals surface area contributed by atoms with E-state index >= 15 is 0 Å². The van der Waals surface area contributed by atoms with Crippen LogP contribution in [-0.2, 0) is 11.2 Å². The Morgan fingerprint density at radius 3 is 2.00 bits per heavy atom. The van der Waals surface area contributed by atoms with Gasteiger partial charge in [-0.2, -0.15) is 0 Å². The molecule has 22 heavy (non-hydrogen) atoms. The molecule has 0 saturated heterocycles. The molecule has 2 rings (SSSR count). The van der Waals surface area contributed by atoms with Gasteiger partial charge < -0.3 is 5.11 Å². The van der Waals surface area contributed by atoms with Gasteiger partial charge in [-0.05, 0) is 12.1 Å². The van der Waals surface area contributed by atoms with E-state index in [0.29, 0.717) is 0 Å². The van der Waals surface area contributed by atoms with Crippen LogP contribution in [0.25, 0.3) is 11.3 Å². The van der Waals surface area contributed by atoms with Crippen molar-refractivity contribution in [1.82, 2.24) is 4.98 Å². The maximum absolute atomic E-state index is 13.6. The number of aromatic nitrogens is 1. The summed E-state index contributed by atoms with van der Waals surface area (Å²) in [5.41, 5.74) is 0.0156. The Morgan fingerprint density at radius 2 is 1.50 bits per heavy atom. The number of nitrogens with zero attached hydrogens (tertiary/aromatic N) is 1. The molecule has 0 spiro atoms. The summed E-state index contributed by atoms with van der Waals surface area (Å²) in [5.74, 6) is -1.99. The third-order valence-corrected chi connectivity index (χ3v) is 4.98. The minimum Gasteiger partial charge on any atom is -0.481 e. The number of pyridine rings is 1. The molecule has 0 aliphatic carbocycles. The van der Waals surface area contributed by atoms with Crippen LogP contribution in [0.1, 0.15) is 5.69 Å². The second-order valence-corrected chi connectivity index (χ2v) is 6.03. The number of hydrogen-bond donors (Lipinski definition) is 1. The molecule has 116 valence electrons. The Hall–Kier alpha value is -0.780. The van der Waals surface area contributed by atoms with Gasteiger partial charge in [0.05, 0.1) is 42.9 Å². The van der Waals surface area contributed by atoms with E-state index in [0.717, 1.165) is 6.07 Å². The van der Waals surface area contributed by atoms with Gasteiger partial charge in [0.1, 0.15) is 5.82 Å². The van der Waals surface area contributed by atoms with E-state index in [9.17, 15) is 9.18 Å². The Morgan fingerprint density at radius 1 is 1.00 bits per heavy atom. The number of carbonyl (C=O) groups is 1. The molecular weight excluding hydrogens is 398 g/mol. The van der Waals surface area contributed by atoms with Crippen molar-refractivity contribution in [2.75, 3.05) is 0 Å². The number of aliphatic carboxylic acids is 1. The van der Waals surface area contributed by atoms with Gasteiger partial charge in [0.15, 0.2) is 0 Å². The van der Waals surface area contributed by atoms with E-state index in [1.54, 1.807) is 0 Å². The fourth-order valence-corrected chi connectivity index (χ4v) is 3.05. The van der Waals surface area contributed by atoms with Crippen molar-refractivity contribution in [3.63, 3.8) is 0 Å². The van der Waals surface area contributed by atoms with Gasteiger partial charge in [0.25, 0.3) is 0 Å². The molecule has 0 saturated carbocycles. The summed E-state index contributed by atoms with van der Waals surface area (Å²) < 4.78 is 13.6. The molecule has 1 heterocycles. The smallest absolute Gasteiger partial charge is 0.309 e. The molecule has 1 aromatic carbocycles. The monoisotopic (exact) mass is 401 g/mol. The second kappa shape index (κ2) is 6.77. The van der Waals surface area contributed by atoms with E-state index < -0.39 is 18.2 Å². The summed E-state index contributed by atoms with van der Waals surface area (Å²) in [7, 11) is 0. The van der Waals surface area contributed by atoms with Crippen LogP contribution < -0.4 is 0 Å². The first-order valence-corrected chi connectivity index (χ1v) is 7.52.